The molecule has 1 aliphatic heterocycles. The summed E-state index contributed by atoms with van der Waals surface area (Å²) in [7, 11) is -3.22. The summed E-state index contributed by atoms with van der Waals surface area (Å²) in [5.41, 5.74) is 0. The molecule has 7 heteroatoms. The number of benzene rings is 1. The average Bonchev–Trinajstić information content (AvgIpc) is 3.13. The van der Waals surface area contributed by atoms with Gasteiger partial charge >= 0.3 is 0 Å². The van der Waals surface area contributed by atoms with Crippen molar-refractivity contribution in [2.24, 2.45) is 0 Å². The first-order valence-corrected chi connectivity index (χ1v) is 10.0. The Labute approximate surface area is 143 Å². The molecule has 1 aromatic carbocycles. The van der Waals surface area contributed by atoms with Crippen LogP contribution in [0.1, 0.15) is 24.5 Å². The molecule has 3 rings (SSSR count). The number of hydrogen-bond acceptors (Lipinski definition) is 5. The van der Waals surface area contributed by atoms with Crippen molar-refractivity contribution in [1.82, 2.24) is 19.7 Å². The average molecular weight is 348 g/mol. The molecule has 6 nitrogen and oxygen atoms in total. The van der Waals surface area contributed by atoms with Crippen LogP contribution in [-0.2, 0) is 16.4 Å². The highest BCUT2D eigenvalue weighted by atomic mass is 32.2. The third-order valence-electron chi connectivity index (χ3n) is 4.59. The van der Waals surface area contributed by atoms with Gasteiger partial charge < -0.3 is 0 Å². The molecule has 24 heavy (non-hydrogen) atoms. The predicted molar refractivity (Wildman–Crippen MR) is 92.6 cm³/mol. The van der Waals surface area contributed by atoms with E-state index in [-0.39, 0.29) is 5.75 Å². The topological polar surface area (TPSA) is 68.1 Å². The minimum atomic E-state index is -3.22. The number of rotatable bonds is 6. The molecule has 1 saturated heterocycles. The first kappa shape index (κ1) is 17.1. The van der Waals surface area contributed by atoms with Crippen LogP contribution in [0.4, 0.5) is 0 Å². The van der Waals surface area contributed by atoms with Crippen molar-refractivity contribution in [1.29, 1.82) is 0 Å². The first-order chi connectivity index (χ1) is 11.5. The molecule has 1 atom stereocenters. The van der Waals surface area contributed by atoms with E-state index in [0.717, 1.165) is 37.6 Å². The van der Waals surface area contributed by atoms with Gasteiger partial charge in [-0.25, -0.2) is 18.1 Å². The minimum absolute atomic E-state index is 0.156. The summed E-state index contributed by atoms with van der Waals surface area (Å²) in [6.07, 6.45) is 2.17. The van der Waals surface area contributed by atoms with Gasteiger partial charge in [-0.3, -0.25) is 4.90 Å². The highest BCUT2D eigenvalue weighted by molar-refractivity contribution is 7.91. The molecule has 1 fully saturated rings. The van der Waals surface area contributed by atoms with E-state index in [0.29, 0.717) is 17.5 Å². The van der Waals surface area contributed by atoms with Crippen molar-refractivity contribution < 1.29 is 8.42 Å². The molecule has 0 amide bonds. The zero-order valence-electron chi connectivity index (χ0n) is 14.2. The minimum Gasteiger partial charge on any atom is -0.298 e. The molecule has 0 spiro atoms. The second-order valence-corrected chi connectivity index (χ2v) is 8.46. The van der Waals surface area contributed by atoms with Gasteiger partial charge in [-0.1, -0.05) is 18.2 Å². The Morgan fingerprint density at radius 1 is 1.21 bits per heavy atom. The number of likely N-dealkylation sites (tertiary alicyclic amines) is 1. The maximum Gasteiger partial charge on any atom is 0.179 e. The Kier molecular flexibility index (Phi) is 5.01. The van der Waals surface area contributed by atoms with Crippen LogP contribution in [-0.4, -0.2) is 53.0 Å². The molecular formula is C17H24N4O2S. The smallest absolute Gasteiger partial charge is 0.179 e. The van der Waals surface area contributed by atoms with Gasteiger partial charge in [0.2, 0.25) is 0 Å². The van der Waals surface area contributed by atoms with Crippen molar-refractivity contribution in [3.05, 3.63) is 42.0 Å². The van der Waals surface area contributed by atoms with E-state index in [1.165, 1.54) is 0 Å². The number of sulfone groups is 1. The van der Waals surface area contributed by atoms with Gasteiger partial charge in [-0.05, 0) is 45.4 Å². The van der Waals surface area contributed by atoms with Crippen LogP contribution >= 0.6 is 0 Å². The van der Waals surface area contributed by atoms with Gasteiger partial charge in [0.05, 0.1) is 17.2 Å². The lowest BCUT2D eigenvalue weighted by atomic mass is 10.2. The third-order valence-corrected chi connectivity index (χ3v) is 6.31. The zero-order chi connectivity index (χ0) is 17.2. The SMILES string of the molecule is Cc1nc(C)n(C[C@H]2CCCN2CCS(=O)(=O)c2ccccc2)n1. The summed E-state index contributed by atoms with van der Waals surface area (Å²) in [6, 6.07) is 9.02. The lowest BCUT2D eigenvalue weighted by Gasteiger charge is -2.24. The zero-order valence-corrected chi connectivity index (χ0v) is 15.0. The first-order valence-electron chi connectivity index (χ1n) is 8.35. The highest BCUT2D eigenvalue weighted by Gasteiger charge is 2.27. The summed E-state index contributed by atoms with van der Waals surface area (Å²) in [5, 5.41) is 4.43. The van der Waals surface area contributed by atoms with Gasteiger partial charge in [0.1, 0.15) is 11.6 Å². The van der Waals surface area contributed by atoms with E-state index < -0.39 is 9.84 Å². The van der Waals surface area contributed by atoms with Crippen LogP contribution in [0, 0.1) is 13.8 Å². The number of nitrogens with zero attached hydrogens (tertiary/aromatic N) is 4. The third kappa shape index (κ3) is 3.84. The second kappa shape index (κ2) is 7.03. The Balaban J connectivity index is 1.63. The fraction of sp³-hybridized carbons (Fsp3) is 0.529. The maximum absolute atomic E-state index is 12.5. The Bertz CT molecular complexity index is 786. The molecule has 0 saturated carbocycles. The second-order valence-electron chi connectivity index (χ2n) is 6.35. The Hall–Kier alpha value is -1.73. The van der Waals surface area contributed by atoms with Crippen LogP contribution in [0.5, 0.6) is 0 Å². The number of aromatic nitrogens is 3. The normalized spacial score (nSPS) is 19.0. The van der Waals surface area contributed by atoms with Crippen LogP contribution in [0.2, 0.25) is 0 Å². The van der Waals surface area contributed by atoms with Gasteiger partial charge in [-0.2, -0.15) is 5.10 Å². The van der Waals surface area contributed by atoms with E-state index in [1.54, 1.807) is 24.3 Å². The van der Waals surface area contributed by atoms with E-state index >= 15 is 0 Å². The van der Waals surface area contributed by atoms with Crippen molar-refractivity contribution >= 4 is 9.84 Å². The Morgan fingerprint density at radius 3 is 2.62 bits per heavy atom. The monoisotopic (exact) mass is 348 g/mol. The summed E-state index contributed by atoms with van der Waals surface area (Å²) in [6.45, 7) is 6.13. The molecule has 2 aromatic rings. The Morgan fingerprint density at radius 2 is 1.96 bits per heavy atom. The molecule has 130 valence electrons. The van der Waals surface area contributed by atoms with Crippen LogP contribution in [0.3, 0.4) is 0 Å². The largest absolute Gasteiger partial charge is 0.298 e. The van der Waals surface area contributed by atoms with E-state index in [1.807, 2.05) is 24.6 Å². The molecule has 0 radical (unpaired) electrons. The van der Waals surface area contributed by atoms with Gasteiger partial charge in [0.25, 0.3) is 0 Å². The molecule has 2 heterocycles. The van der Waals surface area contributed by atoms with Crippen molar-refractivity contribution in [3.63, 3.8) is 0 Å². The van der Waals surface area contributed by atoms with Crippen molar-refractivity contribution in [2.45, 2.75) is 44.2 Å². The van der Waals surface area contributed by atoms with Gasteiger partial charge in [0, 0.05) is 12.6 Å². The summed E-state index contributed by atoms with van der Waals surface area (Å²) < 4.78 is 26.8. The van der Waals surface area contributed by atoms with Crippen LogP contribution in [0.15, 0.2) is 35.2 Å². The van der Waals surface area contributed by atoms with Crippen molar-refractivity contribution in [3.8, 4) is 0 Å². The fourth-order valence-electron chi connectivity index (χ4n) is 3.31. The summed E-state index contributed by atoms with van der Waals surface area (Å²) in [4.78, 5) is 7.02. The fourth-order valence-corrected chi connectivity index (χ4v) is 4.60. The predicted octanol–water partition coefficient (Wildman–Crippen LogP) is 1.83. The maximum atomic E-state index is 12.5. The van der Waals surface area contributed by atoms with Crippen LogP contribution < -0.4 is 0 Å². The van der Waals surface area contributed by atoms with E-state index in [9.17, 15) is 8.42 Å². The lowest BCUT2D eigenvalue weighted by Crippen LogP contribution is -2.36. The molecule has 1 aliphatic rings. The lowest BCUT2D eigenvalue weighted by molar-refractivity contribution is 0.237. The van der Waals surface area contributed by atoms with Crippen molar-refractivity contribution in [2.75, 3.05) is 18.8 Å². The van der Waals surface area contributed by atoms with Gasteiger partial charge in [0.15, 0.2) is 9.84 Å². The molecule has 0 N–H and O–H groups in total. The molecule has 0 aliphatic carbocycles. The molecule has 1 aromatic heterocycles. The molecule has 0 unspecified atom stereocenters. The molecular weight excluding hydrogens is 324 g/mol. The number of hydrogen-bond donors (Lipinski definition) is 0. The van der Waals surface area contributed by atoms with Gasteiger partial charge in [-0.15, -0.1) is 0 Å². The van der Waals surface area contributed by atoms with Crippen LogP contribution in [0.25, 0.3) is 0 Å². The molecule has 0 bridgehead atoms. The van der Waals surface area contributed by atoms with E-state index in [2.05, 4.69) is 15.0 Å². The quantitative estimate of drug-likeness (QED) is 0.797. The summed E-state index contributed by atoms with van der Waals surface area (Å²) >= 11 is 0. The number of aryl methyl sites for hydroxylation is 2. The standard InChI is InChI=1S/C17H24N4O2S/c1-14-18-15(2)21(19-14)13-16-7-6-10-20(16)11-12-24(22,23)17-8-4-3-5-9-17/h3-5,8-9,16H,6-7,10-13H2,1-2H3/t16-/m1/s1. The van der Waals surface area contributed by atoms with E-state index in [4.69, 9.17) is 0 Å². The summed E-state index contributed by atoms with van der Waals surface area (Å²) in [5.74, 6) is 1.85. The highest BCUT2D eigenvalue weighted by Crippen LogP contribution is 2.20.